The maximum Gasteiger partial charge on any atom is 0.319 e. The summed E-state index contributed by atoms with van der Waals surface area (Å²) < 4.78 is 15.2. The first-order valence-electron chi connectivity index (χ1n) is 5.61. The number of carbonyl (C=O) groups excluding carboxylic acids is 1. The third kappa shape index (κ3) is 3.96. The lowest BCUT2D eigenvalue weighted by Gasteiger charge is -2.09. The molecular formula is C12H12ClFN4O. The van der Waals surface area contributed by atoms with Crippen LogP contribution in [0, 0.1) is 5.82 Å². The number of hydrogen-bond donors (Lipinski definition) is 2. The van der Waals surface area contributed by atoms with Gasteiger partial charge in [-0.05, 0) is 18.2 Å². The minimum Gasteiger partial charge on any atom is -0.336 e. The second-order valence-electron chi connectivity index (χ2n) is 3.81. The Bertz CT molecular complexity index is 559. The maximum atomic E-state index is 13.4. The van der Waals surface area contributed by atoms with Crippen molar-refractivity contribution in [2.75, 3.05) is 11.9 Å². The number of halogens is 2. The van der Waals surface area contributed by atoms with Crippen LogP contribution >= 0.6 is 11.6 Å². The summed E-state index contributed by atoms with van der Waals surface area (Å²) in [7, 11) is 0. The highest BCUT2D eigenvalue weighted by Crippen LogP contribution is 2.19. The molecule has 7 heteroatoms. The Balaban J connectivity index is 1.82. The number of anilines is 1. The standard InChI is InChI=1S/C12H12ClFN4O/c13-9-1-2-10(14)11(7-9)17-12(19)16-4-6-18-5-3-15-8-18/h1-3,5,7-8H,4,6H2,(H2,16,17,19). The Hall–Kier alpha value is -2.08. The first kappa shape index (κ1) is 13.4. The number of imidazole rings is 1. The molecule has 100 valence electrons. The average molecular weight is 283 g/mol. The fourth-order valence-corrected chi connectivity index (χ4v) is 1.65. The van der Waals surface area contributed by atoms with Crippen LogP contribution in [0.4, 0.5) is 14.9 Å². The molecule has 0 saturated heterocycles. The molecule has 19 heavy (non-hydrogen) atoms. The van der Waals surface area contributed by atoms with Gasteiger partial charge < -0.3 is 15.2 Å². The number of amides is 2. The smallest absolute Gasteiger partial charge is 0.319 e. The quantitative estimate of drug-likeness (QED) is 0.905. The molecule has 0 saturated carbocycles. The lowest BCUT2D eigenvalue weighted by Crippen LogP contribution is -2.31. The molecule has 0 fully saturated rings. The number of urea groups is 1. The van der Waals surface area contributed by atoms with Gasteiger partial charge in [0.25, 0.3) is 0 Å². The van der Waals surface area contributed by atoms with E-state index < -0.39 is 11.8 Å². The van der Waals surface area contributed by atoms with Crippen molar-refractivity contribution in [3.8, 4) is 0 Å². The summed E-state index contributed by atoms with van der Waals surface area (Å²) >= 11 is 5.72. The van der Waals surface area contributed by atoms with Gasteiger partial charge in [0.1, 0.15) is 5.82 Å². The molecule has 0 aliphatic rings. The molecule has 0 aliphatic heterocycles. The van der Waals surface area contributed by atoms with E-state index in [9.17, 15) is 9.18 Å². The minimum atomic E-state index is -0.533. The van der Waals surface area contributed by atoms with Crippen LogP contribution in [0.2, 0.25) is 5.02 Å². The number of nitrogens with zero attached hydrogens (tertiary/aromatic N) is 2. The number of carbonyl (C=O) groups is 1. The molecule has 0 atom stereocenters. The Labute approximate surface area is 114 Å². The van der Waals surface area contributed by atoms with Crippen molar-refractivity contribution in [3.05, 3.63) is 47.8 Å². The second-order valence-corrected chi connectivity index (χ2v) is 4.24. The van der Waals surface area contributed by atoms with Crippen LogP contribution in [0.25, 0.3) is 0 Å². The van der Waals surface area contributed by atoms with Crippen molar-refractivity contribution in [1.82, 2.24) is 14.9 Å². The van der Waals surface area contributed by atoms with E-state index in [2.05, 4.69) is 15.6 Å². The first-order chi connectivity index (χ1) is 9.15. The predicted octanol–water partition coefficient (Wildman–Crippen LogP) is 2.50. The van der Waals surface area contributed by atoms with Crippen LogP contribution in [-0.2, 0) is 6.54 Å². The second kappa shape index (κ2) is 6.19. The number of aromatic nitrogens is 2. The molecule has 0 unspecified atom stereocenters. The van der Waals surface area contributed by atoms with Gasteiger partial charge in [0, 0.05) is 30.5 Å². The molecule has 1 aromatic heterocycles. The van der Waals surface area contributed by atoms with Crippen LogP contribution in [-0.4, -0.2) is 22.1 Å². The molecule has 0 radical (unpaired) electrons. The maximum absolute atomic E-state index is 13.4. The molecule has 2 rings (SSSR count). The van der Waals surface area contributed by atoms with Gasteiger partial charge in [-0.3, -0.25) is 0 Å². The van der Waals surface area contributed by atoms with E-state index in [1.807, 2.05) is 4.57 Å². The van der Waals surface area contributed by atoms with Crippen LogP contribution in [0.5, 0.6) is 0 Å². The van der Waals surface area contributed by atoms with Crippen LogP contribution in [0.3, 0.4) is 0 Å². The summed E-state index contributed by atoms with van der Waals surface area (Å²) in [6.45, 7) is 0.996. The molecule has 5 nitrogen and oxygen atoms in total. The van der Waals surface area contributed by atoms with Crippen molar-refractivity contribution >= 4 is 23.3 Å². The van der Waals surface area contributed by atoms with E-state index in [-0.39, 0.29) is 5.69 Å². The average Bonchev–Trinajstić information content (AvgIpc) is 2.87. The van der Waals surface area contributed by atoms with E-state index in [4.69, 9.17) is 11.6 Å². The first-order valence-corrected chi connectivity index (χ1v) is 5.98. The molecule has 2 N–H and O–H groups in total. The summed E-state index contributed by atoms with van der Waals surface area (Å²) in [6.07, 6.45) is 5.09. The molecular weight excluding hydrogens is 271 g/mol. The van der Waals surface area contributed by atoms with Crippen LogP contribution in [0.15, 0.2) is 36.9 Å². The molecule has 2 aromatic rings. The molecule has 0 bridgehead atoms. The van der Waals surface area contributed by atoms with Gasteiger partial charge in [0.2, 0.25) is 0 Å². The van der Waals surface area contributed by atoms with Gasteiger partial charge in [0.05, 0.1) is 12.0 Å². The zero-order chi connectivity index (χ0) is 13.7. The van der Waals surface area contributed by atoms with Gasteiger partial charge in [-0.1, -0.05) is 11.6 Å². The monoisotopic (exact) mass is 282 g/mol. The van der Waals surface area contributed by atoms with Gasteiger partial charge in [0.15, 0.2) is 0 Å². The fraction of sp³-hybridized carbons (Fsp3) is 0.167. The highest BCUT2D eigenvalue weighted by molar-refractivity contribution is 6.30. The van der Waals surface area contributed by atoms with Gasteiger partial charge in [-0.2, -0.15) is 0 Å². The predicted molar refractivity (Wildman–Crippen MR) is 70.7 cm³/mol. The van der Waals surface area contributed by atoms with E-state index in [1.165, 1.54) is 18.2 Å². The van der Waals surface area contributed by atoms with Crippen molar-refractivity contribution < 1.29 is 9.18 Å². The number of hydrogen-bond acceptors (Lipinski definition) is 2. The highest BCUT2D eigenvalue weighted by atomic mass is 35.5. The number of nitrogens with one attached hydrogen (secondary N) is 2. The number of benzene rings is 1. The summed E-state index contributed by atoms with van der Waals surface area (Å²) in [5.41, 5.74) is 0.0487. The third-order valence-electron chi connectivity index (χ3n) is 2.39. The van der Waals surface area contributed by atoms with Gasteiger partial charge in [-0.25, -0.2) is 14.2 Å². The Morgan fingerprint density at radius 2 is 2.32 bits per heavy atom. The third-order valence-corrected chi connectivity index (χ3v) is 2.63. The zero-order valence-electron chi connectivity index (χ0n) is 9.94. The van der Waals surface area contributed by atoms with E-state index >= 15 is 0 Å². The van der Waals surface area contributed by atoms with Crippen molar-refractivity contribution in [2.45, 2.75) is 6.54 Å². The molecule has 2 amide bonds. The fourth-order valence-electron chi connectivity index (χ4n) is 1.48. The van der Waals surface area contributed by atoms with Crippen LogP contribution < -0.4 is 10.6 Å². The molecule has 1 aromatic carbocycles. The lowest BCUT2D eigenvalue weighted by molar-refractivity contribution is 0.251. The van der Waals surface area contributed by atoms with Gasteiger partial charge in [-0.15, -0.1) is 0 Å². The van der Waals surface area contributed by atoms with E-state index in [0.717, 1.165) is 0 Å². The van der Waals surface area contributed by atoms with Crippen molar-refractivity contribution in [3.63, 3.8) is 0 Å². The Kier molecular flexibility index (Phi) is 4.35. The summed E-state index contributed by atoms with van der Waals surface area (Å²) in [5, 5.41) is 5.36. The molecule has 0 spiro atoms. The van der Waals surface area contributed by atoms with Crippen molar-refractivity contribution in [2.24, 2.45) is 0 Å². The SMILES string of the molecule is O=C(NCCn1ccnc1)Nc1cc(Cl)ccc1F. The number of rotatable bonds is 4. The largest absolute Gasteiger partial charge is 0.336 e. The minimum absolute atomic E-state index is 0.0487. The Morgan fingerprint density at radius 1 is 1.47 bits per heavy atom. The normalized spacial score (nSPS) is 10.2. The van der Waals surface area contributed by atoms with Gasteiger partial charge >= 0.3 is 6.03 Å². The van der Waals surface area contributed by atoms with E-state index in [0.29, 0.717) is 18.1 Å². The lowest BCUT2D eigenvalue weighted by atomic mass is 10.3. The summed E-state index contributed by atoms with van der Waals surface area (Å²) in [6, 6.07) is 3.48. The molecule has 0 aliphatic carbocycles. The zero-order valence-corrected chi connectivity index (χ0v) is 10.7. The highest BCUT2D eigenvalue weighted by Gasteiger charge is 2.06. The van der Waals surface area contributed by atoms with Crippen LogP contribution in [0.1, 0.15) is 0 Å². The summed E-state index contributed by atoms with van der Waals surface area (Å²) in [4.78, 5) is 15.4. The topological polar surface area (TPSA) is 59.0 Å². The summed E-state index contributed by atoms with van der Waals surface area (Å²) in [5.74, 6) is -0.533. The van der Waals surface area contributed by atoms with Crippen molar-refractivity contribution in [1.29, 1.82) is 0 Å². The van der Waals surface area contributed by atoms with E-state index in [1.54, 1.807) is 18.7 Å². The molecule has 1 heterocycles. The Morgan fingerprint density at radius 3 is 3.05 bits per heavy atom.